The number of thiol groups is 2. The molecule has 0 nitrogen and oxygen atoms in total. The highest BCUT2D eigenvalue weighted by Gasteiger charge is 1.94. The fourth-order valence-corrected chi connectivity index (χ4v) is 2.09. The Morgan fingerprint density at radius 2 is 1.33 bits per heavy atom. The zero-order valence-corrected chi connectivity index (χ0v) is 13.7. The molecule has 2 aromatic carbocycles. The van der Waals surface area contributed by atoms with E-state index in [2.05, 4.69) is 25.3 Å². The van der Waals surface area contributed by atoms with Crippen molar-refractivity contribution in [3.63, 3.8) is 0 Å². The molecule has 0 saturated heterocycles. The summed E-state index contributed by atoms with van der Waals surface area (Å²) in [5.74, 6) is 0. The third-order valence-corrected chi connectivity index (χ3v) is 3.90. The molecule has 0 aliphatic heterocycles. The summed E-state index contributed by atoms with van der Waals surface area (Å²) in [6.07, 6.45) is 0. The Bertz CT molecular complexity index is 494. The number of hydrogen-bond acceptors (Lipinski definition) is 2. The van der Waals surface area contributed by atoms with Crippen LogP contribution in [0.3, 0.4) is 0 Å². The molecule has 0 fully saturated rings. The average Bonchev–Trinajstić information content (AvgIpc) is 2.30. The SMILES string of the molecule is Sc1ccc(Cl)c(Cl)c1.Sc1ccc(Cl)cc1Cl. The quantitative estimate of drug-likeness (QED) is 0.489. The van der Waals surface area contributed by atoms with E-state index in [4.69, 9.17) is 46.4 Å². The van der Waals surface area contributed by atoms with Crippen LogP contribution < -0.4 is 0 Å². The van der Waals surface area contributed by atoms with E-state index in [0.29, 0.717) is 20.1 Å². The number of benzene rings is 2. The van der Waals surface area contributed by atoms with E-state index < -0.39 is 0 Å². The molecule has 0 atom stereocenters. The summed E-state index contributed by atoms with van der Waals surface area (Å²) in [5.41, 5.74) is 0. The van der Waals surface area contributed by atoms with Crippen LogP contribution in [-0.4, -0.2) is 0 Å². The number of hydrogen-bond donors (Lipinski definition) is 2. The van der Waals surface area contributed by atoms with Crippen LogP contribution in [-0.2, 0) is 0 Å². The molecule has 0 bridgehead atoms. The van der Waals surface area contributed by atoms with Gasteiger partial charge in [-0.25, -0.2) is 0 Å². The van der Waals surface area contributed by atoms with Crippen molar-refractivity contribution in [1.82, 2.24) is 0 Å². The van der Waals surface area contributed by atoms with Gasteiger partial charge in [-0.1, -0.05) is 46.4 Å². The Morgan fingerprint density at radius 1 is 0.667 bits per heavy atom. The minimum absolute atomic E-state index is 0.546. The van der Waals surface area contributed by atoms with E-state index >= 15 is 0 Å². The fourth-order valence-electron chi connectivity index (χ4n) is 0.966. The monoisotopic (exact) mass is 356 g/mol. The maximum Gasteiger partial charge on any atom is 0.0603 e. The van der Waals surface area contributed by atoms with Crippen molar-refractivity contribution in [2.24, 2.45) is 0 Å². The Balaban J connectivity index is 0.000000180. The van der Waals surface area contributed by atoms with Gasteiger partial charge in [-0.3, -0.25) is 0 Å². The molecule has 18 heavy (non-hydrogen) atoms. The molecule has 0 aliphatic rings. The molecule has 6 heteroatoms. The lowest BCUT2D eigenvalue weighted by atomic mass is 10.4. The third-order valence-electron chi connectivity index (χ3n) is 1.81. The van der Waals surface area contributed by atoms with Crippen LogP contribution in [0.25, 0.3) is 0 Å². The molecule has 2 rings (SSSR count). The van der Waals surface area contributed by atoms with E-state index in [1.54, 1.807) is 36.4 Å². The number of halogens is 4. The molecule has 0 aromatic heterocycles. The molecule has 96 valence electrons. The molecular weight excluding hydrogens is 350 g/mol. The third kappa shape index (κ3) is 5.52. The molecule has 0 unspecified atom stereocenters. The van der Waals surface area contributed by atoms with Crippen molar-refractivity contribution >= 4 is 71.7 Å². The predicted octanol–water partition coefficient (Wildman–Crippen LogP) is 6.56. The van der Waals surface area contributed by atoms with Crippen LogP contribution in [0.2, 0.25) is 20.1 Å². The predicted molar refractivity (Wildman–Crippen MR) is 87.4 cm³/mol. The van der Waals surface area contributed by atoms with E-state index in [0.717, 1.165) is 9.79 Å². The first-order chi connectivity index (χ1) is 8.40. The van der Waals surface area contributed by atoms with Crippen molar-refractivity contribution in [1.29, 1.82) is 0 Å². The van der Waals surface area contributed by atoms with Gasteiger partial charge >= 0.3 is 0 Å². The highest BCUT2D eigenvalue weighted by Crippen LogP contribution is 2.24. The van der Waals surface area contributed by atoms with Gasteiger partial charge < -0.3 is 0 Å². The second-order valence-electron chi connectivity index (χ2n) is 3.19. The van der Waals surface area contributed by atoms with Crippen molar-refractivity contribution in [2.45, 2.75) is 9.79 Å². The minimum Gasteiger partial charge on any atom is -0.143 e. The van der Waals surface area contributed by atoms with E-state index in [1.165, 1.54) is 0 Å². The molecular formula is C12H8Cl4S2. The highest BCUT2D eigenvalue weighted by atomic mass is 35.5. The zero-order valence-electron chi connectivity index (χ0n) is 8.87. The normalized spacial score (nSPS) is 9.67. The van der Waals surface area contributed by atoms with Gasteiger partial charge in [0.2, 0.25) is 0 Å². The lowest BCUT2D eigenvalue weighted by Gasteiger charge is -1.93. The van der Waals surface area contributed by atoms with Crippen LogP contribution in [0.4, 0.5) is 0 Å². The maximum atomic E-state index is 5.65. The lowest BCUT2D eigenvalue weighted by Crippen LogP contribution is -1.67. The van der Waals surface area contributed by atoms with Gasteiger partial charge in [0.05, 0.1) is 15.1 Å². The summed E-state index contributed by atoms with van der Waals surface area (Å²) in [6.45, 7) is 0. The molecule has 0 aliphatic carbocycles. The summed E-state index contributed by atoms with van der Waals surface area (Å²) >= 11 is 30.6. The van der Waals surface area contributed by atoms with Crippen LogP contribution in [0.15, 0.2) is 46.2 Å². The Kier molecular flexibility index (Phi) is 7.07. The van der Waals surface area contributed by atoms with Gasteiger partial charge in [-0.15, -0.1) is 25.3 Å². The topological polar surface area (TPSA) is 0 Å². The van der Waals surface area contributed by atoms with E-state index in [1.807, 2.05) is 0 Å². The van der Waals surface area contributed by atoms with Crippen LogP contribution in [0.1, 0.15) is 0 Å². The minimum atomic E-state index is 0.546. The van der Waals surface area contributed by atoms with Crippen molar-refractivity contribution < 1.29 is 0 Å². The molecule has 0 spiro atoms. The Labute approximate surface area is 137 Å². The summed E-state index contributed by atoms with van der Waals surface area (Å²) in [5, 5.41) is 2.34. The van der Waals surface area contributed by atoms with Crippen LogP contribution >= 0.6 is 71.7 Å². The van der Waals surface area contributed by atoms with Gasteiger partial charge in [0.15, 0.2) is 0 Å². The largest absolute Gasteiger partial charge is 0.143 e. The smallest absolute Gasteiger partial charge is 0.0603 e. The van der Waals surface area contributed by atoms with E-state index in [9.17, 15) is 0 Å². The second-order valence-corrected chi connectivity index (χ2v) is 5.85. The zero-order chi connectivity index (χ0) is 13.7. The van der Waals surface area contributed by atoms with E-state index in [-0.39, 0.29) is 0 Å². The van der Waals surface area contributed by atoms with Crippen molar-refractivity contribution in [3.05, 3.63) is 56.5 Å². The molecule has 0 N–H and O–H groups in total. The van der Waals surface area contributed by atoms with Crippen molar-refractivity contribution in [3.8, 4) is 0 Å². The first-order valence-corrected chi connectivity index (χ1v) is 7.09. The molecule has 2 aromatic rings. The van der Waals surface area contributed by atoms with Gasteiger partial charge in [-0.2, -0.15) is 0 Å². The van der Waals surface area contributed by atoms with Crippen molar-refractivity contribution in [2.75, 3.05) is 0 Å². The average molecular weight is 358 g/mol. The van der Waals surface area contributed by atoms with Gasteiger partial charge in [0, 0.05) is 14.8 Å². The van der Waals surface area contributed by atoms with Gasteiger partial charge in [0.25, 0.3) is 0 Å². The molecule has 0 saturated carbocycles. The maximum absolute atomic E-state index is 5.65. The Morgan fingerprint density at radius 3 is 1.78 bits per heavy atom. The molecule has 0 heterocycles. The summed E-state index contributed by atoms with van der Waals surface area (Å²) < 4.78 is 0. The summed E-state index contributed by atoms with van der Waals surface area (Å²) in [7, 11) is 0. The second kappa shape index (κ2) is 7.78. The fraction of sp³-hybridized carbons (Fsp3) is 0. The molecule has 0 amide bonds. The lowest BCUT2D eigenvalue weighted by molar-refractivity contribution is 1.48. The number of rotatable bonds is 0. The Hall–Kier alpha value is 0.300. The highest BCUT2D eigenvalue weighted by molar-refractivity contribution is 7.80. The first kappa shape index (κ1) is 16.4. The first-order valence-electron chi connectivity index (χ1n) is 4.68. The summed E-state index contributed by atoms with van der Waals surface area (Å²) in [4.78, 5) is 1.57. The van der Waals surface area contributed by atoms with Gasteiger partial charge in [0.1, 0.15) is 0 Å². The van der Waals surface area contributed by atoms with Crippen LogP contribution in [0.5, 0.6) is 0 Å². The molecule has 0 radical (unpaired) electrons. The van der Waals surface area contributed by atoms with Crippen LogP contribution in [0, 0.1) is 0 Å². The standard InChI is InChI=1S/2C6H4Cl2S/c7-4-1-2-6(9)5(8)3-4;7-5-2-1-4(9)3-6(5)8/h2*1-3,9H. The van der Waals surface area contributed by atoms with Gasteiger partial charge in [-0.05, 0) is 36.4 Å². The summed E-state index contributed by atoms with van der Waals surface area (Å²) in [6, 6.07) is 10.4.